The molecule has 0 aliphatic carbocycles. The number of carbonyl (C=O) groups is 2. The van der Waals surface area contributed by atoms with Gasteiger partial charge in [0, 0.05) is 17.8 Å². The zero-order valence-corrected chi connectivity index (χ0v) is 14.2. The van der Waals surface area contributed by atoms with E-state index in [2.05, 4.69) is 20.4 Å². The lowest BCUT2D eigenvalue weighted by Gasteiger charge is -2.15. The normalized spacial score (nSPS) is 12.3. The zero-order valence-electron chi connectivity index (χ0n) is 14.2. The van der Waals surface area contributed by atoms with Gasteiger partial charge in [-0.15, -0.1) is 0 Å². The molecule has 24 heavy (non-hydrogen) atoms. The van der Waals surface area contributed by atoms with Crippen LogP contribution in [0.5, 0.6) is 0 Å². The second-order valence-electron chi connectivity index (χ2n) is 5.83. The van der Waals surface area contributed by atoms with E-state index in [0.29, 0.717) is 18.6 Å². The molecular weight excluding hydrogens is 310 g/mol. The van der Waals surface area contributed by atoms with Gasteiger partial charge in [0.15, 0.2) is 0 Å². The number of carboxylic acids is 1. The first-order chi connectivity index (χ1) is 11.4. The second kappa shape index (κ2) is 7.85. The van der Waals surface area contributed by atoms with Crippen molar-refractivity contribution in [1.82, 2.24) is 24.9 Å². The number of hydrogen-bond donors (Lipinski definition) is 2. The van der Waals surface area contributed by atoms with Crippen molar-refractivity contribution in [2.75, 3.05) is 0 Å². The van der Waals surface area contributed by atoms with Gasteiger partial charge in [-0.2, -0.15) is 10.1 Å². The first kappa shape index (κ1) is 17.8. The summed E-state index contributed by atoms with van der Waals surface area (Å²) in [6.07, 6.45) is 4.23. The van der Waals surface area contributed by atoms with Gasteiger partial charge in [0.25, 0.3) is 5.78 Å². The highest BCUT2D eigenvalue weighted by Gasteiger charge is 2.19. The largest absolute Gasteiger partial charge is 0.480 e. The van der Waals surface area contributed by atoms with Gasteiger partial charge in [0.1, 0.15) is 12.4 Å². The quantitative estimate of drug-likeness (QED) is 0.756. The third kappa shape index (κ3) is 4.06. The fourth-order valence-electron chi connectivity index (χ4n) is 2.69. The zero-order chi connectivity index (χ0) is 17.7. The van der Waals surface area contributed by atoms with E-state index in [1.807, 2.05) is 20.8 Å². The summed E-state index contributed by atoms with van der Waals surface area (Å²) in [5.74, 6) is -0.727. The first-order valence-corrected chi connectivity index (χ1v) is 8.12. The molecule has 2 rings (SSSR count). The molecule has 1 atom stereocenters. The highest BCUT2D eigenvalue weighted by molar-refractivity contribution is 5.83. The van der Waals surface area contributed by atoms with Gasteiger partial charge in [-0.05, 0) is 32.3 Å². The molecule has 8 heteroatoms. The Labute approximate surface area is 140 Å². The third-order valence-corrected chi connectivity index (χ3v) is 4.07. The van der Waals surface area contributed by atoms with Crippen molar-refractivity contribution >= 4 is 17.7 Å². The number of nitrogens with one attached hydrogen (secondary N) is 1. The van der Waals surface area contributed by atoms with E-state index < -0.39 is 12.0 Å². The highest BCUT2D eigenvalue weighted by Crippen LogP contribution is 2.15. The molecule has 0 saturated carbocycles. The number of aryl methyl sites for hydroxylation is 2. The van der Waals surface area contributed by atoms with E-state index in [9.17, 15) is 14.7 Å². The Bertz CT molecular complexity index is 741. The molecule has 130 valence electrons. The van der Waals surface area contributed by atoms with Crippen molar-refractivity contribution in [3.05, 3.63) is 23.3 Å². The van der Waals surface area contributed by atoms with Crippen LogP contribution in [0.4, 0.5) is 0 Å². The number of carbonyl (C=O) groups excluding carboxylic acids is 1. The van der Waals surface area contributed by atoms with E-state index in [1.165, 1.54) is 6.33 Å². The van der Waals surface area contributed by atoms with Crippen molar-refractivity contribution in [2.45, 2.75) is 58.9 Å². The molecule has 2 heterocycles. The number of carboxylic acid groups (broad SMARTS) is 1. The van der Waals surface area contributed by atoms with Crippen LogP contribution in [0.1, 0.15) is 49.6 Å². The number of aliphatic carboxylic acids is 1. The van der Waals surface area contributed by atoms with Crippen LogP contribution in [-0.4, -0.2) is 42.6 Å². The fraction of sp³-hybridized carbons (Fsp3) is 0.562. The van der Waals surface area contributed by atoms with Crippen LogP contribution in [0.3, 0.4) is 0 Å². The minimum Gasteiger partial charge on any atom is -0.480 e. The molecular formula is C16H23N5O3. The third-order valence-electron chi connectivity index (χ3n) is 4.07. The van der Waals surface area contributed by atoms with Crippen molar-refractivity contribution < 1.29 is 14.7 Å². The van der Waals surface area contributed by atoms with Gasteiger partial charge >= 0.3 is 5.97 Å². The second-order valence-corrected chi connectivity index (χ2v) is 5.83. The van der Waals surface area contributed by atoms with Crippen LogP contribution < -0.4 is 5.32 Å². The minimum absolute atomic E-state index is 0.208. The summed E-state index contributed by atoms with van der Waals surface area (Å²) in [5.41, 5.74) is 2.63. The van der Waals surface area contributed by atoms with Crippen molar-refractivity contribution in [1.29, 1.82) is 0 Å². The summed E-state index contributed by atoms with van der Waals surface area (Å²) in [6, 6.07) is -0.824. The van der Waals surface area contributed by atoms with Crippen LogP contribution in [-0.2, 0) is 16.0 Å². The lowest BCUT2D eigenvalue weighted by Crippen LogP contribution is -2.40. The van der Waals surface area contributed by atoms with E-state index in [-0.39, 0.29) is 12.3 Å². The minimum atomic E-state index is -0.991. The highest BCUT2D eigenvalue weighted by atomic mass is 16.4. The van der Waals surface area contributed by atoms with E-state index in [4.69, 9.17) is 0 Å². The molecule has 0 bridgehead atoms. The summed E-state index contributed by atoms with van der Waals surface area (Å²) >= 11 is 0. The van der Waals surface area contributed by atoms with Crippen LogP contribution in [0, 0.1) is 13.8 Å². The Morgan fingerprint density at radius 3 is 2.79 bits per heavy atom. The van der Waals surface area contributed by atoms with Gasteiger partial charge < -0.3 is 10.4 Å². The van der Waals surface area contributed by atoms with Crippen LogP contribution >= 0.6 is 0 Å². The summed E-state index contributed by atoms with van der Waals surface area (Å²) in [7, 11) is 0. The number of nitrogens with zero attached hydrogens (tertiary/aromatic N) is 4. The number of rotatable bonds is 8. The summed E-state index contributed by atoms with van der Waals surface area (Å²) < 4.78 is 1.64. The smallest absolute Gasteiger partial charge is 0.326 e. The Morgan fingerprint density at radius 2 is 2.12 bits per heavy atom. The predicted molar refractivity (Wildman–Crippen MR) is 87.7 cm³/mol. The number of unbranched alkanes of at least 4 members (excludes halogenated alkanes) is 1. The molecule has 1 amide bonds. The summed E-state index contributed by atoms with van der Waals surface area (Å²) in [6.45, 7) is 5.76. The summed E-state index contributed by atoms with van der Waals surface area (Å²) in [4.78, 5) is 31.7. The molecule has 2 N–H and O–H groups in total. The number of aromatic nitrogens is 4. The maximum absolute atomic E-state index is 12.1. The van der Waals surface area contributed by atoms with Gasteiger partial charge in [0.2, 0.25) is 5.91 Å². The van der Waals surface area contributed by atoms with Crippen LogP contribution in [0.2, 0.25) is 0 Å². The van der Waals surface area contributed by atoms with Crippen LogP contribution in [0.25, 0.3) is 5.78 Å². The molecule has 0 aliphatic heterocycles. The molecule has 0 radical (unpaired) electrons. The molecule has 0 aromatic carbocycles. The van der Waals surface area contributed by atoms with Gasteiger partial charge in [-0.1, -0.05) is 19.8 Å². The van der Waals surface area contributed by atoms with Gasteiger partial charge in [-0.3, -0.25) is 4.79 Å². The molecule has 0 fully saturated rings. The standard InChI is InChI=1S/C16H23N5O3/c1-4-5-6-13(15(23)24)20-14(22)8-7-12-10(2)19-16-17-9-18-21(16)11(12)3/h9,13H,4-8H2,1-3H3,(H,20,22)(H,23,24). The number of fused-ring (bicyclic) bond motifs is 1. The van der Waals surface area contributed by atoms with E-state index in [1.54, 1.807) is 4.52 Å². The molecule has 2 aromatic rings. The average molecular weight is 333 g/mol. The van der Waals surface area contributed by atoms with E-state index >= 15 is 0 Å². The van der Waals surface area contributed by atoms with Crippen molar-refractivity contribution in [3.8, 4) is 0 Å². The van der Waals surface area contributed by atoms with Gasteiger partial charge in [0.05, 0.1) is 0 Å². The molecule has 0 aliphatic rings. The Kier molecular flexibility index (Phi) is 5.83. The summed E-state index contributed by atoms with van der Waals surface area (Å²) in [5, 5.41) is 15.9. The lowest BCUT2D eigenvalue weighted by atomic mass is 10.1. The molecule has 0 saturated heterocycles. The van der Waals surface area contributed by atoms with E-state index in [0.717, 1.165) is 29.8 Å². The van der Waals surface area contributed by atoms with Gasteiger partial charge in [-0.25, -0.2) is 14.3 Å². The topological polar surface area (TPSA) is 109 Å². The Morgan fingerprint density at radius 1 is 1.38 bits per heavy atom. The van der Waals surface area contributed by atoms with Crippen molar-refractivity contribution in [3.63, 3.8) is 0 Å². The van der Waals surface area contributed by atoms with Crippen molar-refractivity contribution in [2.24, 2.45) is 0 Å². The average Bonchev–Trinajstić information content (AvgIpc) is 2.99. The number of amides is 1. The maximum atomic E-state index is 12.1. The first-order valence-electron chi connectivity index (χ1n) is 8.12. The lowest BCUT2D eigenvalue weighted by molar-refractivity contribution is -0.142. The molecule has 8 nitrogen and oxygen atoms in total. The molecule has 1 unspecified atom stereocenters. The molecule has 0 spiro atoms. The Balaban J connectivity index is 2.02. The number of hydrogen-bond acceptors (Lipinski definition) is 5. The predicted octanol–water partition coefficient (Wildman–Crippen LogP) is 1.43. The fourth-order valence-corrected chi connectivity index (χ4v) is 2.69. The SMILES string of the molecule is CCCCC(NC(=O)CCc1c(C)nc2ncnn2c1C)C(=O)O. The monoisotopic (exact) mass is 333 g/mol. The Hall–Kier alpha value is -2.51. The molecule has 2 aromatic heterocycles. The van der Waals surface area contributed by atoms with Crippen LogP contribution in [0.15, 0.2) is 6.33 Å². The maximum Gasteiger partial charge on any atom is 0.326 e.